The zero-order valence-electron chi connectivity index (χ0n) is 18.8. The monoisotopic (exact) mass is 435 g/mol. The van der Waals surface area contributed by atoms with Crippen molar-refractivity contribution in [1.29, 1.82) is 0 Å². The van der Waals surface area contributed by atoms with Gasteiger partial charge < -0.3 is 14.8 Å². The van der Waals surface area contributed by atoms with Crippen LogP contribution in [0.5, 0.6) is 5.75 Å². The standard InChI is InChI=1S/C25H29N3O4/c1-17-4-5-19(16-18(17)2)22-23(26-20-6-8-21(31-3)9-7-20)25(30)28(24(22)29)11-10-27-12-14-32-15-13-27/h4-9,16,26H,10-15H2,1-3H3. The molecular formula is C25H29N3O4. The molecule has 7 nitrogen and oxygen atoms in total. The van der Waals surface area contributed by atoms with E-state index in [-0.39, 0.29) is 11.8 Å². The Morgan fingerprint density at radius 3 is 2.31 bits per heavy atom. The second-order valence-corrected chi connectivity index (χ2v) is 8.12. The lowest BCUT2D eigenvalue weighted by Gasteiger charge is -2.28. The maximum absolute atomic E-state index is 13.4. The number of ether oxygens (including phenoxy) is 2. The average molecular weight is 436 g/mol. The highest BCUT2D eigenvalue weighted by Crippen LogP contribution is 2.31. The molecule has 1 saturated heterocycles. The molecule has 2 aromatic carbocycles. The number of anilines is 1. The van der Waals surface area contributed by atoms with Crippen molar-refractivity contribution in [2.24, 2.45) is 0 Å². The van der Waals surface area contributed by atoms with Gasteiger partial charge in [0, 0.05) is 31.9 Å². The summed E-state index contributed by atoms with van der Waals surface area (Å²) in [5.74, 6) is 0.162. The first kappa shape index (κ1) is 22.0. The van der Waals surface area contributed by atoms with Gasteiger partial charge in [0.2, 0.25) is 0 Å². The summed E-state index contributed by atoms with van der Waals surface area (Å²) in [5.41, 5.74) is 4.40. The molecule has 4 rings (SSSR count). The van der Waals surface area contributed by atoms with Gasteiger partial charge in [-0.05, 0) is 54.8 Å². The number of carbonyl (C=O) groups excluding carboxylic acids is 2. The van der Waals surface area contributed by atoms with E-state index in [2.05, 4.69) is 10.2 Å². The van der Waals surface area contributed by atoms with Gasteiger partial charge in [-0.15, -0.1) is 0 Å². The van der Waals surface area contributed by atoms with Crippen LogP contribution in [0.15, 0.2) is 48.2 Å². The molecule has 0 unspecified atom stereocenters. The van der Waals surface area contributed by atoms with E-state index in [0.717, 1.165) is 41.2 Å². The molecule has 0 bridgehead atoms. The SMILES string of the molecule is COc1ccc(NC2=C(c3ccc(C)c(C)c3)C(=O)N(CCN3CCOCC3)C2=O)cc1. The molecule has 0 aliphatic carbocycles. The van der Waals surface area contributed by atoms with E-state index in [9.17, 15) is 9.59 Å². The third kappa shape index (κ3) is 4.54. The van der Waals surface area contributed by atoms with E-state index in [0.29, 0.717) is 37.6 Å². The first-order valence-corrected chi connectivity index (χ1v) is 10.9. The molecule has 0 radical (unpaired) electrons. The number of morpholine rings is 1. The predicted molar refractivity (Wildman–Crippen MR) is 123 cm³/mol. The van der Waals surface area contributed by atoms with Crippen molar-refractivity contribution >= 4 is 23.1 Å². The van der Waals surface area contributed by atoms with Crippen LogP contribution in [-0.2, 0) is 14.3 Å². The number of hydrogen-bond acceptors (Lipinski definition) is 6. The first-order chi connectivity index (χ1) is 15.5. The Balaban J connectivity index is 1.63. The van der Waals surface area contributed by atoms with Crippen LogP contribution in [-0.4, -0.2) is 68.1 Å². The van der Waals surface area contributed by atoms with Gasteiger partial charge in [0.1, 0.15) is 11.4 Å². The lowest BCUT2D eigenvalue weighted by atomic mass is 9.99. The highest BCUT2D eigenvalue weighted by molar-refractivity contribution is 6.36. The molecule has 0 saturated carbocycles. The molecule has 32 heavy (non-hydrogen) atoms. The maximum Gasteiger partial charge on any atom is 0.278 e. The molecule has 7 heteroatoms. The highest BCUT2D eigenvalue weighted by atomic mass is 16.5. The number of nitrogens with zero attached hydrogens (tertiary/aromatic N) is 2. The second kappa shape index (κ2) is 9.54. The second-order valence-electron chi connectivity index (χ2n) is 8.12. The number of benzene rings is 2. The summed E-state index contributed by atoms with van der Waals surface area (Å²) in [6, 6.07) is 13.2. The van der Waals surface area contributed by atoms with Gasteiger partial charge in [0.25, 0.3) is 11.8 Å². The summed E-state index contributed by atoms with van der Waals surface area (Å²) < 4.78 is 10.6. The summed E-state index contributed by atoms with van der Waals surface area (Å²) >= 11 is 0. The van der Waals surface area contributed by atoms with Crippen LogP contribution in [0.3, 0.4) is 0 Å². The van der Waals surface area contributed by atoms with E-state index in [1.807, 2.05) is 56.3 Å². The van der Waals surface area contributed by atoms with Crippen molar-refractivity contribution in [2.45, 2.75) is 13.8 Å². The Morgan fingerprint density at radius 1 is 0.938 bits per heavy atom. The number of amides is 2. The Labute approximate surface area is 188 Å². The normalized spacial score (nSPS) is 17.3. The molecule has 0 spiro atoms. The zero-order valence-corrected chi connectivity index (χ0v) is 18.8. The highest BCUT2D eigenvalue weighted by Gasteiger charge is 2.39. The van der Waals surface area contributed by atoms with Gasteiger partial charge in [-0.3, -0.25) is 19.4 Å². The third-order valence-corrected chi connectivity index (χ3v) is 6.07. The van der Waals surface area contributed by atoms with Gasteiger partial charge in [0.05, 0.1) is 25.9 Å². The molecule has 2 aliphatic rings. The minimum atomic E-state index is -0.299. The Hall–Kier alpha value is -3.16. The van der Waals surface area contributed by atoms with E-state index >= 15 is 0 Å². The molecule has 2 aromatic rings. The number of aryl methyl sites for hydroxylation is 2. The van der Waals surface area contributed by atoms with E-state index < -0.39 is 0 Å². The molecule has 1 fully saturated rings. The van der Waals surface area contributed by atoms with Crippen LogP contribution in [0.1, 0.15) is 16.7 Å². The van der Waals surface area contributed by atoms with Crippen molar-refractivity contribution in [2.75, 3.05) is 51.8 Å². The van der Waals surface area contributed by atoms with E-state index in [1.165, 1.54) is 4.90 Å². The topological polar surface area (TPSA) is 71.1 Å². The summed E-state index contributed by atoms with van der Waals surface area (Å²) in [6.07, 6.45) is 0. The van der Waals surface area contributed by atoms with Crippen molar-refractivity contribution in [1.82, 2.24) is 9.80 Å². The van der Waals surface area contributed by atoms with Crippen LogP contribution in [0, 0.1) is 13.8 Å². The predicted octanol–water partition coefficient (Wildman–Crippen LogP) is 2.84. The van der Waals surface area contributed by atoms with Gasteiger partial charge in [-0.2, -0.15) is 0 Å². The quantitative estimate of drug-likeness (QED) is 0.675. The third-order valence-electron chi connectivity index (χ3n) is 6.07. The number of rotatable bonds is 7. The molecule has 0 aromatic heterocycles. The van der Waals surface area contributed by atoms with Crippen LogP contribution in [0.25, 0.3) is 5.57 Å². The van der Waals surface area contributed by atoms with Crippen LogP contribution in [0.2, 0.25) is 0 Å². The number of carbonyl (C=O) groups is 2. The molecule has 2 heterocycles. The van der Waals surface area contributed by atoms with Gasteiger partial charge >= 0.3 is 0 Å². The van der Waals surface area contributed by atoms with Crippen molar-refractivity contribution in [3.63, 3.8) is 0 Å². The molecule has 2 amide bonds. The summed E-state index contributed by atoms with van der Waals surface area (Å²) in [4.78, 5) is 30.4. The lowest BCUT2D eigenvalue weighted by molar-refractivity contribution is -0.137. The minimum Gasteiger partial charge on any atom is -0.497 e. The molecule has 0 atom stereocenters. The van der Waals surface area contributed by atoms with Crippen LogP contribution in [0.4, 0.5) is 5.69 Å². The van der Waals surface area contributed by atoms with Gasteiger partial charge in [0.15, 0.2) is 0 Å². The summed E-state index contributed by atoms with van der Waals surface area (Å²) in [5, 5.41) is 3.20. The van der Waals surface area contributed by atoms with Crippen LogP contribution >= 0.6 is 0 Å². The average Bonchev–Trinajstić information content (AvgIpc) is 3.04. The van der Waals surface area contributed by atoms with E-state index in [4.69, 9.17) is 9.47 Å². The van der Waals surface area contributed by atoms with E-state index in [1.54, 1.807) is 7.11 Å². The summed E-state index contributed by atoms with van der Waals surface area (Å²) in [6.45, 7) is 8.00. The molecule has 1 N–H and O–H groups in total. The van der Waals surface area contributed by atoms with Crippen molar-refractivity contribution in [3.05, 3.63) is 64.9 Å². The fraction of sp³-hybridized carbons (Fsp3) is 0.360. The maximum atomic E-state index is 13.4. The lowest BCUT2D eigenvalue weighted by Crippen LogP contribution is -2.43. The Morgan fingerprint density at radius 2 is 1.66 bits per heavy atom. The van der Waals surface area contributed by atoms with Crippen molar-refractivity contribution in [3.8, 4) is 5.75 Å². The molecule has 2 aliphatic heterocycles. The number of nitrogens with one attached hydrogen (secondary N) is 1. The summed E-state index contributed by atoms with van der Waals surface area (Å²) in [7, 11) is 1.61. The minimum absolute atomic E-state index is 0.262. The number of methoxy groups -OCH3 is 1. The number of hydrogen-bond donors (Lipinski definition) is 1. The van der Waals surface area contributed by atoms with Crippen molar-refractivity contribution < 1.29 is 19.1 Å². The fourth-order valence-electron chi connectivity index (χ4n) is 3.94. The smallest absolute Gasteiger partial charge is 0.278 e. The van der Waals surface area contributed by atoms with Gasteiger partial charge in [-0.25, -0.2) is 0 Å². The number of imide groups is 1. The Bertz CT molecular complexity index is 1040. The zero-order chi connectivity index (χ0) is 22.7. The van der Waals surface area contributed by atoms with Crippen LogP contribution < -0.4 is 10.1 Å². The largest absolute Gasteiger partial charge is 0.497 e. The molecule has 168 valence electrons. The molecular weight excluding hydrogens is 406 g/mol. The Kier molecular flexibility index (Phi) is 6.58. The first-order valence-electron chi connectivity index (χ1n) is 10.9. The van der Waals surface area contributed by atoms with Gasteiger partial charge in [-0.1, -0.05) is 18.2 Å². The fourth-order valence-corrected chi connectivity index (χ4v) is 3.94.